The molecule has 4 N–H and O–H groups in total. The Labute approximate surface area is 390 Å². The number of methoxy groups -OCH3 is 1. The molecule has 2 aromatic carbocycles. The zero-order valence-electron chi connectivity index (χ0n) is 40.1. The number of nitrogens with one attached hydrogen (secondary N) is 2. The number of nitrogens with two attached hydrogens (primary N) is 1. The third-order valence-corrected chi connectivity index (χ3v) is 14.0. The van der Waals surface area contributed by atoms with E-state index < -0.39 is 35.4 Å². The summed E-state index contributed by atoms with van der Waals surface area (Å²) in [5.74, 6) is -1.45. The minimum atomic E-state index is -0.948. The Kier molecular flexibility index (Phi) is 15.5. The summed E-state index contributed by atoms with van der Waals surface area (Å²) in [6.07, 6.45) is 8.17. The Bertz CT molecular complexity index is 2410. The van der Waals surface area contributed by atoms with Gasteiger partial charge in [-0.05, 0) is 123 Å². The fourth-order valence-electron chi connectivity index (χ4n) is 10.5. The molecule has 4 aromatic rings. The predicted octanol–water partition coefficient (Wildman–Crippen LogP) is 7.55. The van der Waals surface area contributed by atoms with Crippen LogP contribution in [0.3, 0.4) is 0 Å². The Morgan fingerprint density at radius 3 is 2.58 bits per heavy atom. The number of esters is 1. The zero-order valence-corrected chi connectivity index (χ0v) is 40.1. The molecule has 2 saturated heterocycles. The molecule has 13 nitrogen and oxygen atoms in total. The third kappa shape index (κ3) is 10.7. The van der Waals surface area contributed by atoms with Crippen molar-refractivity contribution in [3.8, 4) is 22.4 Å². The molecule has 3 aliphatic heterocycles. The van der Waals surface area contributed by atoms with Gasteiger partial charge in [0.25, 0.3) is 5.91 Å². The van der Waals surface area contributed by atoms with Crippen LogP contribution in [0.1, 0.15) is 103 Å². The minimum absolute atomic E-state index is 0.0572. The number of ether oxygens (including phenoxy) is 2. The van der Waals surface area contributed by atoms with Crippen LogP contribution in [-0.2, 0) is 48.0 Å². The maximum absolute atomic E-state index is 14.7. The molecule has 1 unspecified atom stereocenters. The van der Waals surface area contributed by atoms with E-state index in [-0.39, 0.29) is 48.7 Å². The van der Waals surface area contributed by atoms with Gasteiger partial charge in [0.05, 0.1) is 30.0 Å². The van der Waals surface area contributed by atoms with Crippen molar-refractivity contribution in [2.45, 2.75) is 124 Å². The second-order valence-corrected chi connectivity index (χ2v) is 19.9. The van der Waals surface area contributed by atoms with Gasteiger partial charge in [0, 0.05) is 73.8 Å². The number of hydrazine groups is 1. The van der Waals surface area contributed by atoms with Crippen molar-refractivity contribution in [1.29, 1.82) is 0 Å². The van der Waals surface area contributed by atoms with Crippen LogP contribution in [-0.4, -0.2) is 94.6 Å². The first-order chi connectivity index (χ1) is 31.6. The summed E-state index contributed by atoms with van der Waals surface area (Å²) < 4.78 is 14.3. The highest BCUT2D eigenvalue weighted by molar-refractivity contribution is 5.95. The maximum atomic E-state index is 14.7. The summed E-state index contributed by atoms with van der Waals surface area (Å²) in [5, 5.41) is 5.77. The second kappa shape index (κ2) is 21.1. The molecular weight excluding hydrogens is 831 g/mol. The monoisotopic (exact) mass is 902 g/mol. The number of carbonyl (C=O) groups excluding carboxylic acids is 4. The van der Waals surface area contributed by atoms with Gasteiger partial charge in [0.2, 0.25) is 11.8 Å². The molecule has 354 valence electrons. The van der Waals surface area contributed by atoms with Gasteiger partial charge in [-0.2, -0.15) is 0 Å². The number of aryl methyl sites for hydroxylation is 1. The van der Waals surface area contributed by atoms with Gasteiger partial charge in [0.1, 0.15) is 12.1 Å². The van der Waals surface area contributed by atoms with Gasteiger partial charge in [0.15, 0.2) is 0 Å². The Hall–Kier alpha value is -5.37. The van der Waals surface area contributed by atoms with Crippen LogP contribution >= 0.6 is 0 Å². The fraction of sp³-hybridized carbons (Fsp3) is 0.528. The number of hydrogen-bond donors (Lipinski definition) is 3. The summed E-state index contributed by atoms with van der Waals surface area (Å²) >= 11 is 0. The molecule has 5 heterocycles. The van der Waals surface area contributed by atoms with Gasteiger partial charge in [-0.1, -0.05) is 64.6 Å². The van der Waals surface area contributed by atoms with Crippen molar-refractivity contribution in [3.05, 3.63) is 90.3 Å². The standard InChI is InChI=1S/C53H71N7O6/c1-9-46(61)58-25-13-16-35(31-58)20-22-42(54)47(33(3)4)50(62)56-44-28-36-15-11-17-37(27-36)38-21-23-45-40(29-38)41(49(59(45)10-2)39-18-12-24-55-48(39)34(5)65-8)30-53(6,7)32-66-52(64)43-19-14-26-60(57-43)51(44)63/h9,11-12,15,17-18,21,23-24,27,29,33-35,42-44,47,57H,1,10,13-14,16,19-20,22,25-26,28,30-32,54H2,2-8H3,(H,56,62)/t34-,35?,42+,43-,44-,47+/m0/s1. The smallest absolute Gasteiger partial charge is 0.324 e. The molecule has 7 rings (SSSR count). The number of cyclic esters (lactones) is 1. The van der Waals surface area contributed by atoms with Crippen molar-refractivity contribution in [2.24, 2.45) is 28.9 Å². The topological polar surface area (TPSA) is 161 Å². The molecule has 3 aliphatic rings. The normalized spacial score (nSPS) is 21.7. The van der Waals surface area contributed by atoms with E-state index in [1.165, 1.54) is 11.1 Å². The number of amides is 3. The second-order valence-electron chi connectivity index (χ2n) is 19.9. The fourth-order valence-corrected chi connectivity index (χ4v) is 10.5. The lowest BCUT2D eigenvalue weighted by Gasteiger charge is -2.36. The molecule has 2 aromatic heterocycles. The number of benzene rings is 2. The summed E-state index contributed by atoms with van der Waals surface area (Å²) in [5.41, 5.74) is 17.6. The summed E-state index contributed by atoms with van der Waals surface area (Å²) in [4.78, 5) is 62.2. The number of hydrogen-bond acceptors (Lipinski definition) is 9. The number of aromatic nitrogens is 2. The lowest BCUT2D eigenvalue weighted by molar-refractivity contribution is -0.155. The van der Waals surface area contributed by atoms with Crippen LogP contribution < -0.4 is 16.5 Å². The number of likely N-dealkylation sites (tertiary alicyclic amines) is 1. The van der Waals surface area contributed by atoms with Crippen LogP contribution in [0.4, 0.5) is 0 Å². The Balaban J connectivity index is 1.25. The van der Waals surface area contributed by atoms with E-state index in [0.717, 1.165) is 82.5 Å². The largest absolute Gasteiger partial charge is 0.464 e. The first kappa shape index (κ1) is 48.6. The van der Waals surface area contributed by atoms with Crippen LogP contribution in [0.2, 0.25) is 0 Å². The van der Waals surface area contributed by atoms with Crippen LogP contribution in [0.25, 0.3) is 33.3 Å². The van der Waals surface area contributed by atoms with Crippen LogP contribution in [0.15, 0.2) is 73.4 Å². The first-order valence-corrected chi connectivity index (χ1v) is 24.1. The van der Waals surface area contributed by atoms with Crippen molar-refractivity contribution in [2.75, 3.05) is 33.4 Å². The SMILES string of the molecule is C=CC(=O)N1CCCC(CC[C@@H](N)[C@H](C(=O)N[C@H]2Cc3cccc(c3)-c3ccc4c(c3)c(c(-c3cccnc3[C@H](C)OC)n4CC)CC(C)(C)COC(=O)[C@@H]3CCCN(N3)C2=O)C(C)C)C1. The molecule has 0 saturated carbocycles. The number of carbonyl (C=O) groups is 4. The molecule has 6 bridgehead atoms. The number of fused-ring (bicyclic) bond motifs is 6. The molecule has 0 radical (unpaired) electrons. The molecule has 3 amide bonds. The van der Waals surface area contributed by atoms with E-state index in [2.05, 4.69) is 79.1 Å². The van der Waals surface area contributed by atoms with Crippen molar-refractivity contribution < 1.29 is 28.7 Å². The van der Waals surface area contributed by atoms with E-state index in [0.29, 0.717) is 38.8 Å². The summed E-state index contributed by atoms with van der Waals surface area (Å²) in [7, 11) is 1.70. The van der Waals surface area contributed by atoms with Crippen molar-refractivity contribution in [3.63, 3.8) is 0 Å². The van der Waals surface area contributed by atoms with Gasteiger partial charge >= 0.3 is 5.97 Å². The first-order valence-electron chi connectivity index (χ1n) is 24.1. The average Bonchev–Trinajstić information content (AvgIpc) is 3.62. The van der Waals surface area contributed by atoms with Crippen LogP contribution in [0, 0.1) is 23.2 Å². The molecule has 0 aliphatic carbocycles. The van der Waals surface area contributed by atoms with Gasteiger partial charge < -0.3 is 30.0 Å². The quantitative estimate of drug-likeness (QED) is 0.0964. The van der Waals surface area contributed by atoms with E-state index in [1.54, 1.807) is 13.3 Å². The lowest BCUT2D eigenvalue weighted by Crippen LogP contribution is -2.61. The maximum Gasteiger partial charge on any atom is 0.324 e. The van der Waals surface area contributed by atoms with Gasteiger partial charge in [-0.25, -0.2) is 5.43 Å². The highest BCUT2D eigenvalue weighted by Gasteiger charge is 2.38. The van der Waals surface area contributed by atoms with Crippen molar-refractivity contribution >= 4 is 34.6 Å². The number of nitrogens with zero attached hydrogens (tertiary/aromatic N) is 4. The third-order valence-electron chi connectivity index (χ3n) is 14.0. The highest BCUT2D eigenvalue weighted by Crippen LogP contribution is 2.42. The Morgan fingerprint density at radius 1 is 1.06 bits per heavy atom. The van der Waals surface area contributed by atoms with E-state index in [1.807, 2.05) is 43.9 Å². The Morgan fingerprint density at radius 2 is 1.83 bits per heavy atom. The van der Waals surface area contributed by atoms with Crippen molar-refractivity contribution in [1.82, 2.24) is 30.2 Å². The van der Waals surface area contributed by atoms with E-state index in [9.17, 15) is 19.2 Å². The molecule has 0 spiro atoms. The van der Waals surface area contributed by atoms with Gasteiger partial charge in [-0.3, -0.25) is 29.2 Å². The van der Waals surface area contributed by atoms with Gasteiger partial charge in [-0.15, -0.1) is 0 Å². The molecule has 13 heteroatoms. The number of piperidine rings is 1. The predicted molar refractivity (Wildman–Crippen MR) is 259 cm³/mol. The summed E-state index contributed by atoms with van der Waals surface area (Å²) in [6, 6.07) is 16.7. The van der Waals surface area contributed by atoms with E-state index in [4.69, 9.17) is 20.2 Å². The number of rotatable bonds is 12. The lowest BCUT2D eigenvalue weighted by atomic mass is 9.82. The summed E-state index contributed by atoms with van der Waals surface area (Å²) in [6.45, 7) is 18.7. The molecule has 66 heavy (non-hydrogen) atoms. The van der Waals surface area contributed by atoms with E-state index >= 15 is 0 Å². The molecule has 6 atom stereocenters. The van der Waals surface area contributed by atoms with Crippen LogP contribution in [0.5, 0.6) is 0 Å². The molecular formula is C53H71N7O6. The minimum Gasteiger partial charge on any atom is -0.464 e. The molecule has 2 fully saturated rings. The highest BCUT2D eigenvalue weighted by atomic mass is 16.5. The number of pyridine rings is 1. The zero-order chi connectivity index (χ0) is 47.3. The average molecular weight is 902 g/mol.